The lowest BCUT2D eigenvalue weighted by molar-refractivity contribution is -0.152. The molecule has 224 valence electrons. The van der Waals surface area contributed by atoms with Gasteiger partial charge in [-0.1, -0.05) is 49.2 Å². The van der Waals surface area contributed by atoms with Crippen LogP contribution >= 0.6 is 36.7 Å². The molecule has 0 spiro atoms. The molecule has 41 heavy (non-hydrogen) atoms. The first-order valence-corrected chi connectivity index (χ1v) is 14.7. The van der Waals surface area contributed by atoms with Gasteiger partial charge in [0.1, 0.15) is 5.82 Å². The normalized spacial score (nSPS) is 21.1. The van der Waals surface area contributed by atoms with Crippen LogP contribution in [0.25, 0.3) is 0 Å². The number of hydrogen-bond donors (Lipinski definition) is 2. The number of likely N-dealkylation sites (tertiary alicyclic amines) is 3. The van der Waals surface area contributed by atoms with E-state index in [2.05, 4.69) is 24.1 Å². The van der Waals surface area contributed by atoms with Gasteiger partial charge in [0, 0.05) is 51.0 Å². The number of anilines is 1. The topological polar surface area (TPSA) is 76.1 Å². The molecule has 3 fully saturated rings. The van der Waals surface area contributed by atoms with E-state index in [0.717, 1.165) is 38.0 Å². The molecule has 1 atom stereocenters. The van der Waals surface area contributed by atoms with Crippen LogP contribution in [0.5, 0.6) is 0 Å². The van der Waals surface area contributed by atoms with E-state index in [1.165, 1.54) is 25.1 Å². The van der Waals surface area contributed by atoms with E-state index in [1.54, 1.807) is 23.1 Å². The zero-order valence-electron chi connectivity index (χ0n) is 23.7. The molecule has 0 radical (unpaired) electrons. The van der Waals surface area contributed by atoms with Crippen LogP contribution < -0.4 is 5.32 Å². The third-order valence-electron chi connectivity index (χ3n) is 8.57. The highest BCUT2D eigenvalue weighted by atomic mass is 35.5. The van der Waals surface area contributed by atoms with E-state index < -0.39 is 17.3 Å². The standard InChI is InChI=1S/C30H37Cl2FN4O3.H2S/c1-29(2)9-12-36(18-29)27(38)26-24(31)14-21(15-25(26)32)34-22-16-37(17-22)23-7-10-35(11-8-23)28(39)30(3,40)19-5-4-6-20(33)13-19;/h4-6,13-15,22-23,34,40H,7-12,16-18H2,1-3H3;1H2/t30-;/m0./s1. The minimum absolute atomic E-state index is 0. The molecule has 0 bridgehead atoms. The number of halogens is 3. The van der Waals surface area contributed by atoms with Gasteiger partial charge in [0.2, 0.25) is 0 Å². The van der Waals surface area contributed by atoms with E-state index >= 15 is 0 Å². The summed E-state index contributed by atoms with van der Waals surface area (Å²) < 4.78 is 13.7. The van der Waals surface area contributed by atoms with Gasteiger partial charge in [-0.3, -0.25) is 14.5 Å². The Morgan fingerprint density at radius 1 is 1.05 bits per heavy atom. The Hall–Kier alpha value is -2.04. The molecule has 5 rings (SSSR count). The molecule has 11 heteroatoms. The summed E-state index contributed by atoms with van der Waals surface area (Å²) >= 11 is 13.1. The highest BCUT2D eigenvalue weighted by molar-refractivity contribution is 7.59. The summed E-state index contributed by atoms with van der Waals surface area (Å²) in [4.78, 5) is 32.0. The number of aliphatic hydroxyl groups is 1. The minimum Gasteiger partial charge on any atom is -0.380 e. The molecule has 7 nitrogen and oxygen atoms in total. The number of carbonyl (C=O) groups is 2. The van der Waals surface area contributed by atoms with Crippen molar-refractivity contribution in [1.82, 2.24) is 14.7 Å². The van der Waals surface area contributed by atoms with E-state index in [-0.39, 0.29) is 36.4 Å². The lowest BCUT2D eigenvalue weighted by atomic mass is 9.92. The Morgan fingerprint density at radius 3 is 2.24 bits per heavy atom. The smallest absolute Gasteiger partial charge is 0.258 e. The number of benzene rings is 2. The summed E-state index contributed by atoms with van der Waals surface area (Å²) in [7, 11) is 0. The predicted octanol–water partition coefficient (Wildman–Crippen LogP) is 5.11. The average Bonchev–Trinajstić information content (AvgIpc) is 3.25. The Balaban J connectivity index is 0.00000387. The molecular formula is C30H39Cl2FN4O3S. The van der Waals surface area contributed by atoms with E-state index in [4.69, 9.17) is 23.2 Å². The van der Waals surface area contributed by atoms with E-state index in [1.807, 2.05) is 4.90 Å². The number of carbonyl (C=O) groups excluding carboxylic acids is 2. The van der Waals surface area contributed by atoms with Gasteiger partial charge in [0.15, 0.2) is 5.60 Å². The maximum Gasteiger partial charge on any atom is 0.258 e. The van der Waals surface area contributed by atoms with Crippen LogP contribution in [-0.2, 0) is 10.4 Å². The second-order valence-corrected chi connectivity index (χ2v) is 13.2. The monoisotopic (exact) mass is 624 g/mol. The molecule has 0 aromatic heterocycles. The Bertz CT molecular complexity index is 1270. The van der Waals surface area contributed by atoms with Crippen LogP contribution in [0.1, 0.15) is 56.0 Å². The van der Waals surface area contributed by atoms with E-state index in [9.17, 15) is 19.1 Å². The van der Waals surface area contributed by atoms with Gasteiger partial charge in [0.05, 0.1) is 21.7 Å². The molecule has 2 amide bonds. The highest BCUT2D eigenvalue weighted by Gasteiger charge is 2.40. The zero-order chi connectivity index (χ0) is 28.8. The van der Waals surface area contributed by atoms with Gasteiger partial charge in [-0.25, -0.2) is 4.39 Å². The van der Waals surface area contributed by atoms with Crippen molar-refractivity contribution < 1.29 is 19.1 Å². The van der Waals surface area contributed by atoms with Gasteiger partial charge in [0.25, 0.3) is 11.8 Å². The van der Waals surface area contributed by atoms with Crippen LogP contribution in [0.2, 0.25) is 10.0 Å². The number of hydrogen-bond acceptors (Lipinski definition) is 5. The molecule has 2 aromatic carbocycles. The van der Waals surface area contributed by atoms with Crippen molar-refractivity contribution in [2.24, 2.45) is 5.41 Å². The first kappa shape index (κ1) is 31.9. The SMILES string of the molecule is CC1(C)CCN(C(=O)c2c(Cl)cc(NC3CN(C4CCN(C(=O)[C@@](C)(O)c5cccc(F)c5)CC4)C3)cc2Cl)C1.S. The molecule has 2 N–H and O–H groups in total. The molecule has 3 heterocycles. The molecular weight excluding hydrogens is 586 g/mol. The number of rotatable bonds is 6. The largest absolute Gasteiger partial charge is 0.380 e. The summed E-state index contributed by atoms with van der Waals surface area (Å²) in [6.45, 7) is 9.90. The van der Waals surface area contributed by atoms with Crippen LogP contribution in [0, 0.1) is 11.2 Å². The molecule has 3 saturated heterocycles. The average molecular weight is 626 g/mol. The molecule has 0 saturated carbocycles. The summed E-state index contributed by atoms with van der Waals surface area (Å²) in [5.41, 5.74) is -0.263. The Morgan fingerprint density at radius 2 is 1.68 bits per heavy atom. The fraction of sp³-hybridized carbons (Fsp3) is 0.533. The van der Waals surface area contributed by atoms with Crippen LogP contribution in [-0.4, -0.2) is 83.0 Å². The van der Waals surface area contributed by atoms with Crippen molar-refractivity contribution in [2.45, 2.75) is 57.7 Å². The fourth-order valence-electron chi connectivity index (χ4n) is 6.10. The summed E-state index contributed by atoms with van der Waals surface area (Å²) in [5.74, 6) is -1.00. The van der Waals surface area contributed by atoms with Crippen molar-refractivity contribution >= 4 is 54.2 Å². The summed E-state index contributed by atoms with van der Waals surface area (Å²) in [6, 6.07) is 9.69. The second kappa shape index (κ2) is 12.3. The maximum absolute atomic E-state index is 13.7. The third kappa shape index (κ3) is 6.80. The van der Waals surface area contributed by atoms with Crippen molar-refractivity contribution in [3.8, 4) is 0 Å². The van der Waals surface area contributed by atoms with Crippen molar-refractivity contribution in [3.05, 3.63) is 63.4 Å². The molecule has 3 aliphatic heterocycles. The Kier molecular flexibility index (Phi) is 9.56. The van der Waals surface area contributed by atoms with Crippen LogP contribution in [0.3, 0.4) is 0 Å². The number of amides is 2. The first-order valence-electron chi connectivity index (χ1n) is 13.9. The predicted molar refractivity (Wildman–Crippen MR) is 166 cm³/mol. The molecule has 0 unspecified atom stereocenters. The Labute approximate surface area is 258 Å². The number of nitrogens with one attached hydrogen (secondary N) is 1. The quantitative estimate of drug-likeness (QED) is 0.467. The van der Waals surface area contributed by atoms with Crippen molar-refractivity contribution in [1.29, 1.82) is 0 Å². The second-order valence-electron chi connectivity index (χ2n) is 12.4. The van der Waals surface area contributed by atoms with Gasteiger partial charge in [-0.2, -0.15) is 13.5 Å². The van der Waals surface area contributed by atoms with Gasteiger partial charge in [-0.15, -0.1) is 0 Å². The zero-order valence-corrected chi connectivity index (χ0v) is 26.2. The lowest BCUT2D eigenvalue weighted by Gasteiger charge is -2.48. The number of piperidine rings is 1. The summed E-state index contributed by atoms with van der Waals surface area (Å²) in [5, 5.41) is 15.1. The third-order valence-corrected chi connectivity index (χ3v) is 9.17. The van der Waals surface area contributed by atoms with E-state index in [0.29, 0.717) is 47.8 Å². The van der Waals surface area contributed by atoms with Gasteiger partial charge < -0.3 is 20.2 Å². The minimum atomic E-state index is -1.77. The highest BCUT2D eigenvalue weighted by Crippen LogP contribution is 2.35. The lowest BCUT2D eigenvalue weighted by Crippen LogP contribution is -2.61. The van der Waals surface area contributed by atoms with Crippen LogP contribution in [0.4, 0.5) is 10.1 Å². The first-order chi connectivity index (χ1) is 18.8. The summed E-state index contributed by atoms with van der Waals surface area (Å²) in [6.07, 6.45) is 2.57. The maximum atomic E-state index is 13.7. The number of nitrogens with zero attached hydrogens (tertiary/aromatic N) is 3. The van der Waals surface area contributed by atoms with Crippen LogP contribution in [0.15, 0.2) is 36.4 Å². The molecule has 2 aromatic rings. The fourth-order valence-corrected chi connectivity index (χ4v) is 6.75. The van der Waals surface area contributed by atoms with Gasteiger partial charge >= 0.3 is 0 Å². The molecule has 0 aliphatic carbocycles. The molecule has 3 aliphatic rings. The van der Waals surface area contributed by atoms with Crippen molar-refractivity contribution in [3.63, 3.8) is 0 Å². The van der Waals surface area contributed by atoms with Crippen molar-refractivity contribution in [2.75, 3.05) is 44.6 Å². The van der Waals surface area contributed by atoms with Gasteiger partial charge in [-0.05, 0) is 61.4 Å².